The number of aliphatic imine (C=N–C) groups is 1. The molecule has 0 unspecified atom stereocenters. The molecule has 0 amide bonds. The van der Waals surface area contributed by atoms with Crippen LogP contribution in [0, 0.1) is 0 Å². The Morgan fingerprint density at radius 3 is 2.53 bits per heavy atom. The van der Waals surface area contributed by atoms with E-state index in [-0.39, 0.29) is 24.0 Å². The molecule has 0 fully saturated rings. The fourth-order valence-corrected chi connectivity index (χ4v) is 3.35. The summed E-state index contributed by atoms with van der Waals surface area (Å²) < 4.78 is 48.5. The molecule has 168 valence electrons. The van der Waals surface area contributed by atoms with Crippen LogP contribution in [-0.4, -0.2) is 44.8 Å². The number of alkyl halides is 3. The summed E-state index contributed by atoms with van der Waals surface area (Å²) in [6.45, 7) is 3.55. The summed E-state index contributed by atoms with van der Waals surface area (Å²) in [5.74, 6) is 2.13. The highest BCUT2D eigenvalue weighted by atomic mass is 127. The number of hydrogen-bond donors (Lipinski definition) is 2. The Labute approximate surface area is 195 Å². The van der Waals surface area contributed by atoms with Crippen LogP contribution in [0.15, 0.2) is 28.6 Å². The number of hydrogen-bond acceptors (Lipinski definition) is 5. The number of thiazole rings is 1. The Kier molecular flexibility index (Phi) is 11.2. The lowest BCUT2D eigenvalue weighted by Crippen LogP contribution is -2.38. The predicted molar refractivity (Wildman–Crippen MR) is 123 cm³/mol. The van der Waals surface area contributed by atoms with Crippen LogP contribution in [0.3, 0.4) is 0 Å². The average molecular weight is 558 g/mol. The first kappa shape index (κ1) is 26.3. The summed E-state index contributed by atoms with van der Waals surface area (Å²) in [4.78, 5) is 8.03. The topological polar surface area (TPSA) is 67.8 Å². The average Bonchev–Trinajstić information content (AvgIpc) is 3.17. The molecule has 0 aliphatic carbocycles. The summed E-state index contributed by atoms with van der Waals surface area (Å²) in [5, 5.41) is 7.79. The Morgan fingerprint density at radius 2 is 1.93 bits per heavy atom. The van der Waals surface area contributed by atoms with Crippen LogP contribution in [0.1, 0.15) is 23.2 Å². The maximum absolute atomic E-state index is 12.6. The van der Waals surface area contributed by atoms with Gasteiger partial charge in [-0.1, -0.05) is 0 Å². The van der Waals surface area contributed by atoms with E-state index in [1.54, 1.807) is 14.2 Å². The number of benzene rings is 1. The van der Waals surface area contributed by atoms with Crippen molar-refractivity contribution in [2.24, 2.45) is 4.99 Å². The molecule has 0 aliphatic heterocycles. The summed E-state index contributed by atoms with van der Waals surface area (Å²) in [6, 6.07) is 5.62. The molecule has 0 bridgehead atoms. The van der Waals surface area contributed by atoms with Crippen molar-refractivity contribution in [3.63, 3.8) is 0 Å². The largest absolute Gasteiger partial charge is 0.497 e. The molecule has 1 aromatic carbocycles. The second kappa shape index (κ2) is 12.8. The smallest absolute Gasteiger partial charge is 0.434 e. The molecule has 0 atom stereocenters. The molecule has 30 heavy (non-hydrogen) atoms. The lowest BCUT2D eigenvalue weighted by Gasteiger charge is -2.13. The van der Waals surface area contributed by atoms with Crippen molar-refractivity contribution in [2.75, 3.05) is 33.9 Å². The number of aromatic nitrogens is 1. The number of rotatable bonds is 9. The van der Waals surface area contributed by atoms with E-state index in [1.165, 1.54) is 0 Å². The van der Waals surface area contributed by atoms with Crippen molar-refractivity contribution < 1.29 is 22.6 Å². The van der Waals surface area contributed by atoms with Crippen LogP contribution < -0.4 is 20.1 Å². The van der Waals surface area contributed by atoms with Crippen LogP contribution in [0.25, 0.3) is 0 Å². The fraction of sp³-hybridized carbons (Fsp3) is 0.474. The first-order valence-corrected chi connectivity index (χ1v) is 10.00. The SMILES string of the molecule is CCNC(=NCCc1nc(C(F)(F)F)cs1)NCCc1cc(OC)ccc1OC.I. The van der Waals surface area contributed by atoms with E-state index in [1.807, 2.05) is 25.1 Å². The van der Waals surface area contributed by atoms with Crippen molar-refractivity contribution in [2.45, 2.75) is 25.9 Å². The first-order valence-electron chi connectivity index (χ1n) is 9.12. The molecule has 2 aromatic rings. The third-order valence-corrected chi connectivity index (χ3v) is 4.86. The molecule has 11 heteroatoms. The van der Waals surface area contributed by atoms with Gasteiger partial charge in [-0.05, 0) is 37.1 Å². The molecular formula is C19H26F3IN4O2S. The normalized spacial score (nSPS) is 11.6. The molecule has 0 saturated carbocycles. The lowest BCUT2D eigenvalue weighted by molar-refractivity contribution is -0.140. The zero-order chi connectivity index (χ0) is 21.3. The van der Waals surface area contributed by atoms with Gasteiger partial charge in [-0.25, -0.2) is 4.98 Å². The minimum atomic E-state index is -4.41. The van der Waals surface area contributed by atoms with Gasteiger partial charge in [-0.15, -0.1) is 35.3 Å². The van der Waals surface area contributed by atoms with Crippen LogP contribution in [0.5, 0.6) is 11.5 Å². The Hall–Kier alpha value is -1.76. The summed E-state index contributed by atoms with van der Waals surface area (Å²) in [6.07, 6.45) is -3.37. The molecular weight excluding hydrogens is 532 g/mol. The van der Waals surface area contributed by atoms with E-state index < -0.39 is 11.9 Å². The molecule has 0 radical (unpaired) electrons. The summed E-state index contributed by atoms with van der Waals surface area (Å²) in [7, 11) is 3.23. The van der Waals surface area contributed by atoms with Gasteiger partial charge in [0.25, 0.3) is 0 Å². The highest BCUT2D eigenvalue weighted by molar-refractivity contribution is 14.0. The van der Waals surface area contributed by atoms with Gasteiger partial charge in [-0.3, -0.25) is 4.99 Å². The van der Waals surface area contributed by atoms with Crippen molar-refractivity contribution >= 4 is 41.3 Å². The standard InChI is InChI=1S/C19H25F3N4O2S.HI/c1-4-23-18(25-10-8-17-26-16(12-29-17)19(20,21)22)24-9-7-13-11-14(27-2)5-6-15(13)28-3;/h5-6,11-12H,4,7-10H2,1-3H3,(H2,23,24,25);1H. The summed E-state index contributed by atoms with van der Waals surface area (Å²) in [5.41, 5.74) is 0.149. The van der Waals surface area contributed by atoms with E-state index in [0.717, 1.165) is 33.8 Å². The predicted octanol–water partition coefficient (Wildman–Crippen LogP) is 4.14. The lowest BCUT2D eigenvalue weighted by atomic mass is 10.1. The number of methoxy groups -OCH3 is 2. The highest BCUT2D eigenvalue weighted by Gasteiger charge is 2.33. The molecule has 0 aliphatic rings. The molecule has 2 N–H and O–H groups in total. The number of ether oxygens (including phenoxy) is 2. The Morgan fingerprint density at radius 1 is 1.17 bits per heavy atom. The van der Waals surface area contributed by atoms with E-state index in [4.69, 9.17) is 9.47 Å². The molecule has 6 nitrogen and oxygen atoms in total. The van der Waals surface area contributed by atoms with Crippen LogP contribution in [0.2, 0.25) is 0 Å². The first-order chi connectivity index (χ1) is 13.9. The number of nitrogens with one attached hydrogen (secondary N) is 2. The molecule has 1 aromatic heterocycles. The number of halogens is 4. The third-order valence-electron chi connectivity index (χ3n) is 3.96. The fourth-order valence-electron chi connectivity index (χ4n) is 2.55. The minimum Gasteiger partial charge on any atom is -0.497 e. The van der Waals surface area contributed by atoms with Gasteiger partial charge < -0.3 is 20.1 Å². The van der Waals surface area contributed by atoms with Gasteiger partial charge in [-0.2, -0.15) is 13.2 Å². The maximum atomic E-state index is 12.6. The van der Waals surface area contributed by atoms with Crippen molar-refractivity contribution in [3.8, 4) is 11.5 Å². The second-order valence-corrected chi connectivity index (χ2v) is 6.93. The van der Waals surface area contributed by atoms with Gasteiger partial charge in [0.1, 0.15) is 11.5 Å². The molecule has 1 heterocycles. The maximum Gasteiger partial charge on any atom is 0.434 e. The molecule has 0 saturated heterocycles. The molecule has 2 rings (SSSR count). The van der Waals surface area contributed by atoms with E-state index in [2.05, 4.69) is 20.6 Å². The van der Waals surface area contributed by atoms with E-state index in [0.29, 0.717) is 43.4 Å². The summed E-state index contributed by atoms with van der Waals surface area (Å²) >= 11 is 0.997. The molecule has 0 spiro atoms. The quantitative estimate of drug-likeness (QED) is 0.275. The third kappa shape index (κ3) is 8.17. The minimum absolute atomic E-state index is 0. The van der Waals surface area contributed by atoms with Crippen molar-refractivity contribution in [1.29, 1.82) is 0 Å². The van der Waals surface area contributed by atoms with Crippen molar-refractivity contribution in [3.05, 3.63) is 39.8 Å². The zero-order valence-electron chi connectivity index (χ0n) is 17.0. The second-order valence-electron chi connectivity index (χ2n) is 5.99. The zero-order valence-corrected chi connectivity index (χ0v) is 20.2. The van der Waals surface area contributed by atoms with Gasteiger partial charge in [0.05, 0.1) is 19.2 Å². The Balaban J connectivity index is 0.00000450. The van der Waals surface area contributed by atoms with Crippen LogP contribution in [0.4, 0.5) is 13.2 Å². The van der Waals surface area contributed by atoms with Crippen LogP contribution >= 0.6 is 35.3 Å². The van der Waals surface area contributed by atoms with Gasteiger partial charge in [0, 0.05) is 31.4 Å². The van der Waals surface area contributed by atoms with Gasteiger partial charge in [0.15, 0.2) is 11.7 Å². The highest BCUT2D eigenvalue weighted by Crippen LogP contribution is 2.30. The number of guanidine groups is 1. The van der Waals surface area contributed by atoms with Gasteiger partial charge >= 0.3 is 6.18 Å². The van der Waals surface area contributed by atoms with Crippen LogP contribution in [-0.2, 0) is 19.0 Å². The number of nitrogens with zero attached hydrogens (tertiary/aromatic N) is 2. The Bertz CT molecular complexity index is 815. The monoisotopic (exact) mass is 558 g/mol. The van der Waals surface area contributed by atoms with Gasteiger partial charge in [0.2, 0.25) is 0 Å². The van der Waals surface area contributed by atoms with E-state index >= 15 is 0 Å². The van der Waals surface area contributed by atoms with Crippen molar-refractivity contribution in [1.82, 2.24) is 15.6 Å². The van der Waals surface area contributed by atoms with E-state index in [9.17, 15) is 13.2 Å².